The third-order valence-corrected chi connectivity index (χ3v) is 5.55. The fraction of sp³-hybridized carbons (Fsp3) is 0.500. The SMILES string of the molecule is CC1(CNC(=O)c2sccc2C#CCO)CCCS1. The van der Waals surface area contributed by atoms with Crippen molar-refractivity contribution in [1.82, 2.24) is 5.32 Å². The fourth-order valence-corrected chi connectivity index (χ4v) is 4.05. The van der Waals surface area contributed by atoms with Gasteiger partial charge in [-0.2, -0.15) is 11.8 Å². The molecule has 1 aliphatic heterocycles. The van der Waals surface area contributed by atoms with E-state index in [4.69, 9.17) is 5.11 Å². The van der Waals surface area contributed by atoms with E-state index in [1.54, 1.807) is 0 Å². The Morgan fingerprint density at radius 1 is 1.63 bits per heavy atom. The second kappa shape index (κ2) is 6.47. The number of amides is 1. The highest BCUT2D eigenvalue weighted by molar-refractivity contribution is 8.00. The van der Waals surface area contributed by atoms with Gasteiger partial charge in [0.25, 0.3) is 5.91 Å². The zero-order valence-electron chi connectivity index (χ0n) is 10.9. The van der Waals surface area contributed by atoms with Crippen molar-refractivity contribution < 1.29 is 9.90 Å². The zero-order chi connectivity index (χ0) is 13.7. The molecule has 1 aromatic heterocycles. The summed E-state index contributed by atoms with van der Waals surface area (Å²) < 4.78 is 0.170. The second-order valence-corrected chi connectivity index (χ2v) is 7.31. The number of aliphatic hydroxyl groups is 1. The van der Waals surface area contributed by atoms with Crippen LogP contribution in [0.4, 0.5) is 0 Å². The summed E-state index contributed by atoms with van der Waals surface area (Å²) in [7, 11) is 0. The van der Waals surface area contributed by atoms with Crippen molar-refractivity contribution in [3.05, 3.63) is 21.9 Å². The predicted octanol–water partition coefficient (Wildman–Crippen LogP) is 2.11. The Balaban J connectivity index is 1.98. The summed E-state index contributed by atoms with van der Waals surface area (Å²) in [6, 6.07) is 1.81. The molecule has 0 aliphatic carbocycles. The van der Waals surface area contributed by atoms with Crippen LogP contribution in [0.2, 0.25) is 0 Å². The van der Waals surface area contributed by atoms with Crippen LogP contribution in [0.1, 0.15) is 35.0 Å². The van der Waals surface area contributed by atoms with Crippen molar-refractivity contribution in [3.8, 4) is 11.8 Å². The maximum Gasteiger partial charge on any atom is 0.262 e. The van der Waals surface area contributed by atoms with Gasteiger partial charge < -0.3 is 10.4 Å². The Morgan fingerprint density at radius 2 is 2.47 bits per heavy atom. The average Bonchev–Trinajstić information content (AvgIpc) is 3.03. The first-order chi connectivity index (χ1) is 9.14. The Kier molecular flexibility index (Phi) is 4.92. The Morgan fingerprint density at radius 3 is 3.16 bits per heavy atom. The molecular formula is C14H17NO2S2. The van der Waals surface area contributed by atoms with E-state index in [9.17, 15) is 4.79 Å². The van der Waals surface area contributed by atoms with E-state index in [0.29, 0.717) is 17.0 Å². The summed E-state index contributed by atoms with van der Waals surface area (Å²) in [5.41, 5.74) is 0.695. The van der Waals surface area contributed by atoms with Gasteiger partial charge >= 0.3 is 0 Å². The number of aliphatic hydroxyl groups excluding tert-OH is 1. The maximum absolute atomic E-state index is 12.1. The lowest BCUT2D eigenvalue weighted by Crippen LogP contribution is -2.36. The van der Waals surface area contributed by atoms with Gasteiger partial charge in [0.05, 0.1) is 0 Å². The van der Waals surface area contributed by atoms with Crippen LogP contribution in [0.25, 0.3) is 0 Å². The van der Waals surface area contributed by atoms with Gasteiger partial charge in [0.2, 0.25) is 0 Å². The molecule has 3 nitrogen and oxygen atoms in total. The zero-order valence-corrected chi connectivity index (χ0v) is 12.5. The minimum absolute atomic E-state index is 0.0639. The van der Waals surface area contributed by atoms with E-state index in [2.05, 4.69) is 24.1 Å². The number of thiophene rings is 1. The van der Waals surface area contributed by atoms with E-state index >= 15 is 0 Å². The largest absolute Gasteiger partial charge is 0.384 e. The molecule has 1 atom stereocenters. The van der Waals surface area contributed by atoms with Crippen LogP contribution in [0.15, 0.2) is 11.4 Å². The minimum Gasteiger partial charge on any atom is -0.384 e. The highest BCUT2D eigenvalue weighted by Crippen LogP contribution is 2.37. The first kappa shape index (κ1) is 14.4. The first-order valence-electron chi connectivity index (χ1n) is 6.24. The Labute approximate surface area is 121 Å². The number of hydrogen-bond donors (Lipinski definition) is 2. The smallest absolute Gasteiger partial charge is 0.262 e. The van der Waals surface area contributed by atoms with Gasteiger partial charge in [0.1, 0.15) is 11.5 Å². The number of hydrogen-bond acceptors (Lipinski definition) is 4. The average molecular weight is 295 g/mol. The van der Waals surface area contributed by atoms with E-state index in [-0.39, 0.29) is 17.3 Å². The maximum atomic E-state index is 12.1. The van der Waals surface area contributed by atoms with Crippen LogP contribution >= 0.6 is 23.1 Å². The van der Waals surface area contributed by atoms with Crippen LogP contribution in [0, 0.1) is 11.8 Å². The normalized spacial score (nSPS) is 21.8. The number of carbonyl (C=O) groups excluding carboxylic acids is 1. The molecule has 1 aliphatic rings. The second-order valence-electron chi connectivity index (χ2n) is 4.71. The summed E-state index contributed by atoms with van der Waals surface area (Å²) in [5.74, 6) is 6.50. The molecule has 2 heterocycles. The lowest BCUT2D eigenvalue weighted by atomic mass is 10.1. The molecule has 2 rings (SSSR count). The first-order valence-corrected chi connectivity index (χ1v) is 8.10. The molecule has 0 aromatic carbocycles. The monoisotopic (exact) mass is 295 g/mol. The van der Waals surface area contributed by atoms with Crippen molar-refractivity contribution in [2.75, 3.05) is 18.9 Å². The summed E-state index contributed by atoms with van der Waals surface area (Å²) in [4.78, 5) is 12.8. The lowest BCUT2D eigenvalue weighted by Gasteiger charge is -2.22. The third kappa shape index (κ3) is 3.75. The Hall–Kier alpha value is -0.960. The van der Waals surface area contributed by atoms with Gasteiger partial charge in [-0.3, -0.25) is 4.79 Å². The fourth-order valence-electron chi connectivity index (χ4n) is 2.04. The van der Waals surface area contributed by atoms with Crippen LogP contribution < -0.4 is 5.32 Å². The highest BCUT2D eigenvalue weighted by atomic mass is 32.2. The standard InChI is InChI=1S/C14H17NO2S2/c1-14(6-3-8-19-14)10-15-13(17)12-11(4-2-7-16)5-9-18-12/h5,9,16H,3,6-8,10H2,1H3,(H,15,17). The van der Waals surface area contributed by atoms with E-state index in [1.807, 2.05) is 23.2 Å². The van der Waals surface area contributed by atoms with E-state index in [0.717, 1.165) is 6.42 Å². The summed E-state index contributed by atoms with van der Waals surface area (Å²) in [6.07, 6.45) is 2.38. The van der Waals surface area contributed by atoms with Gasteiger partial charge in [-0.25, -0.2) is 0 Å². The summed E-state index contributed by atoms with van der Waals surface area (Å²) >= 11 is 3.32. The number of thioether (sulfide) groups is 1. The van der Waals surface area contributed by atoms with Gasteiger partial charge in [0.15, 0.2) is 0 Å². The number of rotatable bonds is 3. The molecule has 19 heavy (non-hydrogen) atoms. The molecule has 5 heteroatoms. The molecule has 1 aromatic rings. The highest BCUT2D eigenvalue weighted by Gasteiger charge is 2.30. The van der Waals surface area contributed by atoms with Crippen LogP contribution in [0.3, 0.4) is 0 Å². The Bertz CT molecular complexity index is 507. The van der Waals surface area contributed by atoms with Crippen molar-refractivity contribution in [2.45, 2.75) is 24.5 Å². The summed E-state index contributed by atoms with van der Waals surface area (Å²) in [5, 5.41) is 13.6. The van der Waals surface area contributed by atoms with E-state index in [1.165, 1.54) is 23.5 Å². The van der Waals surface area contributed by atoms with Crippen LogP contribution in [0.5, 0.6) is 0 Å². The number of carbonyl (C=O) groups is 1. The molecular weight excluding hydrogens is 278 g/mol. The molecule has 102 valence electrons. The summed E-state index contributed by atoms with van der Waals surface area (Å²) in [6.45, 7) is 2.71. The van der Waals surface area contributed by atoms with Crippen molar-refractivity contribution in [3.63, 3.8) is 0 Å². The van der Waals surface area contributed by atoms with Crippen molar-refractivity contribution in [1.29, 1.82) is 0 Å². The molecule has 0 spiro atoms. The van der Waals surface area contributed by atoms with Crippen LogP contribution in [-0.2, 0) is 0 Å². The molecule has 0 bridgehead atoms. The molecule has 0 radical (unpaired) electrons. The topological polar surface area (TPSA) is 49.3 Å². The van der Waals surface area contributed by atoms with Gasteiger partial charge in [0, 0.05) is 16.9 Å². The lowest BCUT2D eigenvalue weighted by molar-refractivity contribution is 0.0954. The van der Waals surface area contributed by atoms with Gasteiger partial charge in [-0.05, 0) is 37.0 Å². The molecule has 1 amide bonds. The minimum atomic E-state index is -0.189. The van der Waals surface area contributed by atoms with E-state index < -0.39 is 0 Å². The molecule has 1 saturated heterocycles. The van der Waals surface area contributed by atoms with Gasteiger partial charge in [-0.1, -0.05) is 11.8 Å². The quantitative estimate of drug-likeness (QED) is 0.840. The molecule has 1 unspecified atom stereocenters. The predicted molar refractivity (Wildman–Crippen MR) is 80.7 cm³/mol. The van der Waals surface area contributed by atoms with Crippen molar-refractivity contribution >= 4 is 29.0 Å². The molecule has 2 N–H and O–H groups in total. The third-order valence-electron chi connectivity index (χ3n) is 3.10. The van der Waals surface area contributed by atoms with Crippen molar-refractivity contribution in [2.24, 2.45) is 0 Å². The van der Waals surface area contributed by atoms with Crippen LogP contribution in [-0.4, -0.2) is 34.7 Å². The molecule has 1 fully saturated rings. The molecule has 0 saturated carbocycles. The van der Waals surface area contributed by atoms with Gasteiger partial charge in [-0.15, -0.1) is 11.3 Å². The number of nitrogens with one attached hydrogen (secondary N) is 1.